The molecule has 2 N–H and O–H groups in total. The average molecular weight is 225 g/mol. The number of ether oxygens (including phenoxy) is 1. The molecular formula is C10H19N5O. The number of nitrogens with two attached hydrogens (primary N) is 1. The molecule has 0 radical (unpaired) electrons. The minimum atomic E-state index is 0.0198. The third-order valence-electron chi connectivity index (χ3n) is 2.01. The minimum Gasteiger partial charge on any atom is -0.461 e. The van der Waals surface area contributed by atoms with Gasteiger partial charge in [0.1, 0.15) is 0 Å². The van der Waals surface area contributed by atoms with E-state index in [2.05, 4.69) is 15.0 Å². The standard InChI is InChI=1S/C10H19N5O/c1-5-15(6-2)9-12-8(11)13-10(14-9)16-7(3)4/h7H,5-6H2,1-4H3,(H2,11,12,13,14). The van der Waals surface area contributed by atoms with Crippen molar-refractivity contribution in [3.63, 3.8) is 0 Å². The van der Waals surface area contributed by atoms with Crippen molar-refractivity contribution < 1.29 is 4.74 Å². The Kier molecular flexibility index (Phi) is 4.28. The van der Waals surface area contributed by atoms with E-state index in [1.807, 2.05) is 32.6 Å². The molecule has 16 heavy (non-hydrogen) atoms. The average Bonchev–Trinajstić information content (AvgIpc) is 2.17. The number of rotatable bonds is 5. The quantitative estimate of drug-likeness (QED) is 0.808. The van der Waals surface area contributed by atoms with Crippen molar-refractivity contribution in [2.75, 3.05) is 23.7 Å². The second-order valence-corrected chi connectivity index (χ2v) is 3.62. The van der Waals surface area contributed by atoms with Crippen LogP contribution in [-0.2, 0) is 0 Å². The fraction of sp³-hybridized carbons (Fsp3) is 0.700. The summed E-state index contributed by atoms with van der Waals surface area (Å²) >= 11 is 0. The molecule has 0 aliphatic carbocycles. The largest absolute Gasteiger partial charge is 0.461 e. The van der Waals surface area contributed by atoms with Gasteiger partial charge < -0.3 is 15.4 Å². The van der Waals surface area contributed by atoms with Gasteiger partial charge in [-0.2, -0.15) is 15.0 Å². The lowest BCUT2D eigenvalue weighted by Gasteiger charge is -2.19. The normalized spacial score (nSPS) is 10.6. The van der Waals surface area contributed by atoms with Gasteiger partial charge in [-0.25, -0.2) is 0 Å². The van der Waals surface area contributed by atoms with Crippen LogP contribution < -0.4 is 15.4 Å². The molecule has 0 amide bonds. The molecule has 1 heterocycles. The highest BCUT2D eigenvalue weighted by atomic mass is 16.5. The Morgan fingerprint density at radius 1 is 1.19 bits per heavy atom. The molecule has 0 aliphatic heterocycles. The zero-order valence-electron chi connectivity index (χ0n) is 10.3. The molecule has 6 heteroatoms. The fourth-order valence-corrected chi connectivity index (χ4v) is 1.27. The van der Waals surface area contributed by atoms with Gasteiger partial charge in [-0.1, -0.05) is 0 Å². The van der Waals surface area contributed by atoms with Crippen molar-refractivity contribution in [3.05, 3.63) is 0 Å². The Labute approximate surface area is 95.9 Å². The Morgan fingerprint density at radius 2 is 1.81 bits per heavy atom. The van der Waals surface area contributed by atoms with Crippen molar-refractivity contribution in [2.24, 2.45) is 0 Å². The van der Waals surface area contributed by atoms with E-state index in [9.17, 15) is 0 Å². The third-order valence-corrected chi connectivity index (χ3v) is 2.01. The number of hydrogen-bond acceptors (Lipinski definition) is 6. The maximum absolute atomic E-state index is 5.61. The van der Waals surface area contributed by atoms with Gasteiger partial charge in [0.15, 0.2) is 0 Å². The Hall–Kier alpha value is -1.59. The molecule has 0 aromatic carbocycles. The molecule has 0 aliphatic rings. The highest BCUT2D eigenvalue weighted by molar-refractivity contribution is 5.35. The van der Waals surface area contributed by atoms with Gasteiger partial charge in [-0.15, -0.1) is 0 Å². The first-order valence-corrected chi connectivity index (χ1v) is 5.50. The summed E-state index contributed by atoms with van der Waals surface area (Å²) in [5.74, 6) is 0.751. The van der Waals surface area contributed by atoms with Crippen LogP contribution in [0.2, 0.25) is 0 Å². The smallest absolute Gasteiger partial charge is 0.323 e. The van der Waals surface area contributed by atoms with E-state index in [1.54, 1.807) is 0 Å². The minimum absolute atomic E-state index is 0.0198. The number of nitrogens with zero attached hydrogens (tertiary/aromatic N) is 4. The van der Waals surface area contributed by atoms with Crippen molar-refractivity contribution >= 4 is 11.9 Å². The Morgan fingerprint density at radius 3 is 2.31 bits per heavy atom. The zero-order chi connectivity index (χ0) is 12.1. The maximum Gasteiger partial charge on any atom is 0.323 e. The molecular weight excluding hydrogens is 206 g/mol. The summed E-state index contributed by atoms with van der Waals surface area (Å²) < 4.78 is 5.41. The Balaban J connectivity index is 2.97. The second kappa shape index (κ2) is 5.48. The highest BCUT2D eigenvalue weighted by Crippen LogP contribution is 2.13. The van der Waals surface area contributed by atoms with E-state index in [1.165, 1.54) is 0 Å². The highest BCUT2D eigenvalue weighted by Gasteiger charge is 2.11. The van der Waals surface area contributed by atoms with Crippen molar-refractivity contribution in [1.29, 1.82) is 0 Å². The molecule has 1 aromatic heterocycles. The summed E-state index contributed by atoms with van der Waals surface area (Å²) in [4.78, 5) is 14.2. The van der Waals surface area contributed by atoms with Crippen molar-refractivity contribution in [3.8, 4) is 6.01 Å². The van der Waals surface area contributed by atoms with E-state index >= 15 is 0 Å². The lowest BCUT2D eigenvalue weighted by Crippen LogP contribution is -2.25. The molecule has 0 spiro atoms. The Bertz CT molecular complexity index is 338. The van der Waals surface area contributed by atoms with Crippen molar-refractivity contribution in [1.82, 2.24) is 15.0 Å². The van der Waals surface area contributed by atoms with Crippen LogP contribution in [0.15, 0.2) is 0 Å². The molecule has 6 nitrogen and oxygen atoms in total. The molecule has 0 fully saturated rings. The summed E-state index contributed by atoms with van der Waals surface area (Å²) in [5.41, 5.74) is 5.61. The van der Waals surface area contributed by atoms with Gasteiger partial charge in [-0.3, -0.25) is 0 Å². The fourth-order valence-electron chi connectivity index (χ4n) is 1.27. The van der Waals surface area contributed by atoms with Crippen molar-refractivity contribution in [2.45, 2.75) is 33.8 Å². The van der Waals surface area contributed by atoms with Crippen LogP contribution in [0.25, 0.3) is 0 Å². The van der Waals surface area contributed by atoms with Crippen LogP contribution in [-0.4, -0.2) is 34.1 Å². The van der Waals surface area contributed by atoms with Gasteiger partial charge >= 0.3 is 6.01 Å². The van der Waals surface area contributed by atoms with Gasteiger partial charge in [0, 0.05) is 13.1 Å². The molecule has 0 saturated carbocycles. The molecule has 0 bridgehead atoms. The van der Waals surface area contributed by atoms with Crippen LogP contribution >= 0.6 is 0 Å². The van der Waals surface area contributed by atoms with E-state index in [4.69, 9.17) is 10.5 Å². The maximum atomic E-state index is 5.61. The molecule has 0 atom stereocenters. The third kappa shape index (κ3) is 3.22. The van der Waals surface area contributed by atoms with Crippen LogP contribution in [0.4, 0.5) is 11.9 Å². The second-order valence-electron chi connectivity index (χ2n) is 3.62. The lowest BCUT2D eigenvalue weighted by molar-refractivity contribution is 0.222. The monoisotopic (exact) mass is 225 g/mol. The lowest BCUT2D eigenvalue weighted by atomic mass is 10.5. The van der Waals surface area contributed by atoms with E-state index in [0.717, 1.165) is 13.1 Å². The molecule has 90 valence electrons. The first-order valence-electron chi connectivity index (χ1n) is 5.50. The summed E-state index contributed by atoms with van der Waals surface area (Å²) in [7, 11) is 0. The summed E-state index contributed by atoms with van der Waals surface area (Å²) in [6.45, 7) is 9.54. The van der Waals surface area contributed by atoms with E-state index in [0.29, 0.717) is 5.95 Å². The first-order chi connectivity index (χ1) is 7.56. The SMILES string of the molecule is CCN(CC)c1nc(N)nc(OC(C)C)n1. The van der Waals surface area contributed by atoms with Crippen LogP contribution in [0, 0.1) is 0 Å². The number of anilines is 2. The van der Waals surface area contributed by atoms with Gasteiger partial charge in [0.05, 0.1) is 6.10 Å². The molecule has 0 unspecified atom stereocenters. The molecule has 1 aromatic rings. The van der Waals surface area contributed by atoms with Gasteiger partial charge in [0.25, 0.3) is 0 Å². The predicted octanol–water partition coefficient (Wildman–Crippen LogP) is 1.09. The topological polar surface area (TPSA) is 77.2 Å². The van der Waals surface area contributed by atoms with Gasteiger partial charge in [0.2, 0.25) is 11.9 Å². The summed E-state index contributed by atoms with van der Waals surface area (Å²) in [6, 6.07) is 0.282. The van der Waals surface area contributed by atoms with Crippen LogP contribution in [0.1, 0.15) is 27.7 Å². The number of aromatic nitrogens is 3. The first kappa shape index (κ1) is 12.5. The summed E-state index contributed by atoms with van der Waals surface area (Å²) in [6.07, 6.45) is 0.0198. The molecule has 1 rings (SSSR count). The zero-order valence-corrected chi connectivity index (χ0v) is 10.3. The van der Waals surface area contributed by atoms with E-state index in [-0.39, 0.29) is 18.1 Å². The number of nitrogen functional groups attached to an aromatic ring is 1. The van der Waals surface area contributed by atoms with Gasteiger partial charge in [-0.05, 0) is 27.7 Å². The molecule has 0 saturated heterocycles. The van der Waals surface area contributed by atoms with Crippen LogP contribution in [0.5, 0.6) is 6.01 Å². The summed E-state index contributed by atoms with van der Waals surface area (Å²) in [5, 5.41) is 0. The van der Waals surface area contributed by atoms with E-state index < -0.39 is 0 Å². The van der Waals surface area contributed by atoms with Crippen LogP contribution in [0.3, 0.4) is 0 Å². The predicted molar refractivity (Wildman–Crippen MR) is 63.6 cm³/mol. The number of hydrogen-bond donors (Lipinski definition) is 1.